The quantitative estimate of drug-likeness (QED) is 0.841. The normalized spacial score (nSPS) is 12.2. The molecular weight excluding hydrogens is 264 g/mol. The van der Waals surface area contributed by atoms with Crippen LogP contribution in [-0.4, -0.2) is 22.3 Å². The number of carbonyl (C=O) groups is 1. The average Bonchev–Trinajstić information content (AvgIpc) is 2.83. The van der Waals surface area contributed by atoms with Gasteiger partial charge in [0.1, 0.15) is 5.75 Å². The van der Waals surface area contributed by atoms with Crippen molar-refractivity contribution in [1.82, 2.24) is 9.78 Å². The third-order valence-corrected chi connectivity index (χ3v) is 3.66. The molecule has 1 aromatic carbocycles. The van der Waals surface area contributed by atoms with E-state index < -0.39 is 0 Å². The minimum Gasteiger partial charge on any atom is -0.483 e. The third kappa shape index (κ3) is 3.51. The third-order valence-electron chi connectivity index (χ3n) is 3.66. The van der Waals surface area contributed by atoms with Crippen molar-refractivity contribution in [2.75, 3.05) is 6.61 Å². The molecule has 112 valence electrons. The van der Waals surface area contributed by atoms with Gasteiger partial charge in [-0.3, -0.25) is 4.79 Å². The van der Waals surface area contributed by atoms with E-state index in [1.165, 1.54) is 4.68 Å². The van der Waals surface area contributed by atoms with Crippen molar-refractivity contribution in [3.05, 3.63) is 47.3 Å². The van der Waals surface area contributed by atoms with Gasteiger partial charge in [-0.2, -0.15) is 5.10 Å². The number of hydrogen-bond donors (Lipinski definition) is 0. The second-order valence-electron chi connectivity index (χ2n) is 5.37. The van der Waals surface area contributed by atoms with E-state index in [1.807, 2.05) is 38.1 Å². The van der Waals surface area contributed by atoms with E-state index in [-0.39, 0.29) is 12.5 Å². The number of aromatic nitrogens is 2. The summed E-state index contributed by atoms with van der Waals surface area (Å²) in [5.41, 5.74) is 2.80. The molecule has 0 amide bonds. The lowest BCUT2D eigenvalue weighted by atomic mass is 9.98. The molecule has 0 saturated heterocycles. The fraction of sp³-hybridized carbons (Fsp3) is 0.412. The van der Waals surface area contributed by atoms with Crippen LogP contribution >= 0.6 is 0 Å². The van der Waals surface area contributed by atoms with Crippen LogP contribution < -0.4 is 4.74 Å². The highest BCUT2D eigenvalue weighted by Crippen LogP contribution is 2.28. The first-order valence-electron chi connectivity index (χ1n) is 7.31. The Bertz CT molecular complexity index is 631. The molecule has 0 aliphatic rings. The number of carbonyl (C=O) groups excluding carboxylic acids is 1. The maximum Gasteiger partial charge on any atom is 0.284 e. The molecule has 0 fully saturated rings. The summed E-state index contributed by atoms with van der Waals surface area (Å²) in [4.78, 5) is 12.2. The van der Waals surface area contributed by atoms with Gasteiger partial charge in [-0.15, -0.1) is 0 Å². The first kappa shape index (κ1) is 15.3. The van der Waals surface area contributed by atoms with Gasteiger partial charge < -0.3 is 4.74 Å². The molecule has 4 nitrogen and oxygen atoms in total. The van der Waals surface area contributed by atoms with E-state index in [0.29, 0.717) is 5.92 Å². The molecule has 1 heterocycles. The molecule has 4 heteroatoms. The Morgan fingerprint density at radius 2 is 2.05 bits per heavy atom. The number of hydrogen-bond acceptors (Lipinski definition) is 3. The van der Waals surface area contributed by atoms with Crippen molar-refractivity contribution in [3.63, 3.8) is 0 Å². The summed E-state index contributed by atoms with van der Waals surface area (Å²) in [5.74, 6) is 1.03. The predicted octanol–water partition coefficient (Wildman–Crippen LogP) is 3.73. The minimum absolute atomic E-state index is 0.00456. The smallest absolute Gasteiger partial charge is 0.284 e. The van der Waals surface area contributed by atoms with Gasteiger partial charge >= 0.3 is 0 Å². The first-order chi connectivity index (χ1) is 10.0. The summed E-state index contributed by atoms with van der Waals surface area (Å²) in [5, 5.41) is 4.18. The molecule has 0 bridgehead atoms. The molecule has 21 heavy (non-hydrogen) atoms. The molecule has 0 aliphatic heterocycles. The number of aryl methyl sites for hydroxylation is 2. The highest BCUT2D eigenvalue weighted by Gasteiger charge is 2.14. The fourth-order valence-electron chi connectivity index (χ4n) is 2.32. The van der Waals surface area contributed by atoms with Crippen molar-refractivity contribution in [2.45, 2.75) is 40.0 Å². The maximum absolute atomic E-state index is 12.2. The zero-order valence-corrected chi connectivity index (χ0v) is 13.1. The molecule has 0 N–H and O–H groups in total. The summed E-state index contributed by atoms with van der Waals surface area (Å²) in [6.07, 6.45) is 1.03. The standard InChI is InChI=1S/C17H22N2O2/c1-5-12(2)15-8-6-7-9-16(15)21-11-17(20)19-14(4)10-13(3)18-19/h6-10,12H,5,11H2,1-4H3. The maximum atomic E-state index is 12.2. The highest BCUT2D eigenvalue weighted by atomic mass is 16.5. The topological polar surface area (TPSA) is 44.1 Å². The summed E-state index contributed by atoms with van der Waals surface area (Å²) in [6.45, 7) is 8.03. The van der Waals surface area contributed by atoms with Crippen LogP contribution in [0, 0.1) is 13.8 Å². The van der Waals surface area contributed by atoms with E-state index in [2.05, 4.69) is 25.0 Å². The molecule has 2 aromatic rings. The van der Waals surface area contributed by atoms with Gasteiger partial charge in [0.05, 0.1) is 5.69 Å². The molecule has 0 radical (unpaired) electrons. The summed E-state index contributed by atoms with van der Waals surface area (Å²) < 4.78 is 7.13. The van der Waals surface area contributed by atoms with E-state index in [9.17, 15) is 4.79 Å². The molecule has 1 atom stereocenters. The Morgan fingerprint density at radius 3 is 2.67 bits per heavy atom. The van der Waals surface area contributed by atoms with Crippen molar-refractivity contribution >= 4 is 5.91 Å². The summed E-state index contributed by atoms with van der Waals surface area (Å²) in [6, 6.07) is 9.77. The van der Waals surface area contributed by atoms with Crippen molar-refractivity contribution in [3.8, 4) is 5.75 Å². The van der Waals surface area contributed by atoms with Crippen molar-refractivity contribution in [2.24, 2.45) is 0 Å². The van der Waals surface area contributed by atoms with E-state index >= 15 is 0 Å². The Labute approximate surface area is 125 Å². The monoisotopic (exact) mass is 286 g/mol. The molecular formula is C17H22N2O2. The second kappa shape index (κ2) is 6.57. The first-order valence-corrected chi connectivity index (χ1v) is 7.31. The number of ether oxygens (including phenoxy) is 1. The van der Waals surface area contributed by atoms with Crippen LogP contribution in [0.2, 0.25) is 0 Å². The van der Waals surface area contributed by atoms with Gasteiger partial charge in [-0.25, -0.2) is 4.68 Å². The average molecular weight is 286 g/mol. The van der Waals surface area contributed by atoms with Crippen LogP contribution in [-0.2, 0) is 0 Å². The molecule has 2 rings (SSSR count). The van der Waals surface area contributed by atoms with Crippen LogP contribution in [0.25, 0.3) is 0 Å². The Morgan fingerprint density at radius 1 is 1.33 bits per heavy atom. The van der Waals surface area contributed by atoms with Crippen LogP contribution in [0.15, 0.2) is 30.3 Å². The van der Waals surface area contributed by atoms with E-state index in [4.69, 9.17) is 4.74 Å². The lowest BCUT2D eigenvalue weighted by molar-refractivity contribution is 0.0817. The fourth-order valence-corrected chi connectivity index (χ4v) is 2.32. The lowest BCUT2D eigenvalue weighted by Crippen LogP contribution is -2.22. The largest absolute Gasteiger partial charge is 0.483 e. The number of benzene rings is 1. The lowest BCUT2D eigenvalue weighted by Gasteiger charge is -2.15. The van der Waals surface area contributed by atoms with Gasteiger partial charge in [0.15, 0.2) is 6.61 Å². The van der Waals surface area contributed by atoms with E-state index in [0.717, 1.165) is 29.1 Å². The van der Waals surface area contributed by atoms with Gasteiger partial charge in [-0.1, -0.05) is 32.0 Å². The number of para-hydroxylation sites is 1. The Kier molecular flexibility index (Phi) is 4.78. The minimum atomic E-state index is -0.153. The zero-order chi connectivity index (χ0) is 15.4. The van der Waals surface area contributed by atoms with Crippen LogP contribution in [0.5, 0.6) is 5.75 Å². The van der Waals surface area contributed by atoms with Gasteiger partial charge in [0.2, 0.25) is 0 Å². The second-order valence-corrected chi connectivity index (χ2v) is 5.37. The van der Waals surface area contributed by atoms with Crippen LogP contribution in [0.1, 0.15) is 47.9 Å². The molecule has 0 spiro atoms. The molecule has 1 aromatic heterocycles. The summed E-state index contributed by atoms with van der Waals surface area (Å²) >= 11 is 0. The molecule has 1 unspecified atom stereocenters. The molecule has 0 saturated carbocycles. The van der Waals surface area contributed by atoms with Crippen LogP contribution in [0.4, 0.5) is 0 Å². The van der Waals surface area contributed by atoms with Gasteiger partial charge in [0, 0.05) is 5.69 Å². The molecule has 0 aliphatic carbocycles. The Balaban J connectivity index is 2.10. The Hall–Kier alpha value is -2.10. The van der Waals surface area contributed by atoms with Crippen molar-refractivity contribution < 1.29 is 9.53 Å². The summed E-state index contributed by atoms with van der Waals surface area (Å²) in [7, 11) is 0. The SMILES string of the molecule is CCC(C)c1ccccc1OCC(=O)n1nc(C)cc1C. The van der Waals surface area contributed by atoms with Crippen LogP contribution in [0.3, 0.4) is 0 Å². The highest BCUT2D eigenvalue weighted by molar-refractivity contribution is 5.80. The zero-order valence-electron chi connectivity index (χ0n) is 13.1. The number of rotatable bonds is 5. The van der Waals surface area contributed by atoms with Crippen molar-refractivity contribution in [1.29, 1.82) is 0 Å². The van der Waals surface area contributed by atoms with Gasteiger partial charge in [0.25, 0.3) is 5.91 Å². The predicted molar refractivity (Wildman–Crippen MR) is 83.0 cm³/mol. The van der Waals surface area contributed by atoms with Gasteiger partial charge in [-0.05, 0) is 43.9 Å². The van der Waals surface area contributed by atoms with E-state index in [1.54, 1.807) is 0 Å². The number of nitrogens with zero attached hydrogens (tertiary/aromatic N) is 2.